The summed E-state index contributed by atoms with van der Waals surface area (Å²) in [4.78, 5) is 9.89. The summed E-state index contributed by atoms with van der Waals surface area (Å²) >= 11 is 0. The van der Waals surface area contributed by atoms with Crippen molar-refractivity contribution >= 4 is 40.0 Å². The van der Waals surface area contributed by atoms with E-state index in [4.69, 9.17) is 0 Å². The first kappa shape index (κ1) is 23.2. The van der Waals surface area contributed by atoms with Gasteiger partial charge in [0.2, 0.25) is 10.0 Å². The van der Waals surface area contributed by atoms with Gasteiger partial charge in [-0.25, -0.2) is 17.5 Å². The highest BCUT2D eigenvalue weighted by Gasteiger charge is 2.13. The number of halogens is 2. The van der Waals surface area contributed by atoms with Crippen LogP contribution in [0.15, 0.2) is 58.7 Å². The average Bonchev–Trinajstić information content (AvgIpc) is 2.62. The molecule has 0 spiro atoms. The van der Waals surface area contributed by atoms with Crippen molar-refractivity contribution in [2.24, 2.45) is 4.99 Å². The van der Waals surface area contributed by atoms with Gasteiger partial charge in [0.1, 0.15) is 10.7 Å². The van der Waals surface area contributed by atoms with Gasteiger partial charge in [0.25, 0.3) is 0 Å². The summed E-state index contributed by atoms with van der Waals surface area (Å²) < 4.78 is 40.0. The molecule has 0 aliphatic rings. The quantitative estimate of drug-likeness (QED) is 0.259. The fourth-order valence-electron chi connectivity index (χ4n) is 2.32. The molecule has 2 rings (SSSR count). The Bertz CT molecular complexity index is 849. The molecule has 27 heavy (non-hydrogen) atoms. The fourth-order valence-corrected chi connectivity index (χ4v) is 3.31. The molecule has 0 radical (unpaired) electrons. The second-order valence-electron chi connectivity index (χ2n) is 5.55. The molecule has 0 aliphatic heterocycles. The minimum atomic E-state index is -3.59. The molecule has 0 atom stereocenters. The first-order valence-electron chi connectivity index (χ1n) is 7.98. The number of rotatable bonds is 7. The van der Waals surface area contributed by atoms with Crippen molar-refractivity contribution in [3.63, 3.8) is 0 Å². The Balaban J connectivity index is 0.00000364. The van der Waals surface area contributed by atoms with E-state index >= 15 is 0 Å². The molecule has 0 aliphatic carbocycles. The van der Waals surface area contributed by atoms with Crippen LogP contribution in [0.25, 0.3) is 0 Å². The Labute approximate surface area is 176 Å². The second kappa shape index (κ2) is 11.1. The van der Waals surface area contributed by atoms with Crippen LogP contribution in [0, 0.1) is 5.82 Å². The van der Waals surface area contributed by atoms with Crippen LogP contribution in [0.5, 0.6) is 0 Å². The predicted octanol–water partition coefficient (Wildman–Crippen LogP) is 1.82. The third-order valence-corrected chi connectivity index (χ3v) is 4.97. The number of nitrogens with zero attached hydrogens (tertiary/aromatic N) is 3. The number of hydrogen-bond acceptors (Lipinski definition) is 4. The highest BCUT2D eigenvalue weighted by molar-refractivity contribution is 14.0. The number of sulfonamides is 1. The zero-order valence-electron chi connectivity index (χ0n) is 15.1. The van der Waals surface area contributed by atoms with Gasteiger partial charge in [-0.05, 0) is 29.8 Å². The summed E-state index contributed by atoms with van der Waals surface area (Å²) in [5, 5.41) is 3.07. The van der Waals surface area contributed by atoms with E-state index < -0.39 is 10.0 Å². The minimum Gasteiger partial charge on any atom is -0.355 e. The molecule has 148 valence electrons. The Hall–Kier alpha value is -1.79. The van der Waals surface area contributed by atoms with Crippen molar-refractivity contribution < 1.29 is 12.8 Å². The van der Waals surface area contributed by atoms with Crippen LogP contribution in [0.2, 0.25) is 0 Å². The molecule has 2 aromatic rings. The van der Waals surface area contributed by atoms with Gasteiger partial charge in [-0.3, -0.25) is 9.98 Å². The van der Waals surface area contributed by atoms with E-state index in [1.807, 2.05) is 18.0 Å². The summed E-state index contributed by atoms with van der Waals surface area (Å²) in [5.74, 6) is 0.290. The summed E-state index contributed by atoms with van der Waals surface area (Å²) in [7, 11) is -0.137. The van der Waals surface area contributed by atoms with Crippen LogP contribution in [0.1, 0.15) is 5.56 Å². The first-order valence-corrected chi connectivity index (χ1v) is 9.46. The Morgan fingerprint density at radius 1 is 1.26 bits per heavy atom. The molecule has 0 fully saturated rings. The fraction of sp³-hybridized carbons (Fsp3) is 0.294. The van der Waals surface area contributed by atoms with E-state index in [0.29, 0.717) is 19.0 Å². The van der Waals surface area contributed by atoms with E-state index in [9.17, 15) is 12.8 Å². The summed E-state index contributed by atoms with van der Waals surface area (Å²) in [6.07, 6.45) is 2.81. The molecule has 1 heterocycles. The van der Waals surface area contributed by atoms with Crippen LogP contribution in [0.3, 0.4) is 0 Å². The molecule has 1 aromatic heterocycles. The molecular weight excluding hydrogens is 484 g/mol. The van der Waals surface area contributed by atoms with Crippen molar-refractivity contribution in [3.8, 4) is 0 Å². The topological polar surface area (TPSA) is 86.7 Å². The molecule has 1 aromatic carbocycles. The van der Waals surface area contributed by atoms with Gasteiger partial charge in [0.15, 0.2) is 5.96 Å². The Morgan fingerprint density at radius 2 is 2.04 bits per heavy atom. The number of benzene rings is 1. The van der Waals surface area contributed by atoms with Gasteiger partial charge < -0.3 is 10.2 Å². The Morgan fingerprint density at radius 3 is 2.67 bits per heavy atom. The number of aliphatic imine (C=N–C) groups is 1. The zero-order valence-corrected chi connectivity index (χ0v) is 18.2. The van der Waals surface area contributed by atoms with E-state index in [2.05, 4.69) is 20.0 Å². The van der Waals surface area contributed by atoms with Crippen LogP contribution in [-0.2, 0) is 16.6 Å². The van der Waals surface area contributed by atoms with Crippen molar-refractivity contribution in [2.75, 3.05) is 27.2 Å². The third kappa shape index (κ3) is 7.39. The molecule has 0 amide bonds. The van der Waals surface area contributed by atoms with E-state index in [0.717, 1.165) is 5.56 Å². The standard InChI is InChI=1S/C17H22FN5O2S.HI/c1-19-17(23(2)13-14-5-3-6-15(18)11-14)21-9-10-22-26(24,25)16-7-4-8-20-12-16;/h3-8,11-12,22H,9-10,13H2,1-2H3,(H,19,21);1H. The lowest BCUT2D eigenvalue weighted by atomic mass is 10.2. The van der Waals surface area contributed by atoms with Gasteiger partial charge in [0.05, 0.1) is 0 Å². The van der Waals surface area contributed by atoms with E-state index in [-0.39, 0.29) is 41.2 Å². The van der Waals surface area contributed by atoms with Gasteiger partial charge in [0, 0.05) is 46.1 Å². The number of aromatic nitrogens is 1. The van der Waals surface area contributed by atoms with Gasteiger partial charge in [-0.2, -0.15) is 0 Å². The SMILES string of the molecule is CN=C(NCCNS(=O)(=O)c1cccnc1)N(C)Cc1cccc(F)c1.I. The third-order valence-electron chi connectivity index (χ3n) is 3.53. The Kier molecular flexibility index (Phi) is 9.60. The lowest BCUT2D eigenvalue weighted by molar-refractivity contribution is 0.475. The highest BCUT2D eigenvalue weighted by atomic mass is 127. The lowest BCUT2D eigenvalue weighted by Gasteiger charge is -2.22. The van der Waals surface area contributed by atoms with E-state index in [1.54, 1.807) is 19.2 Å². The summed E-state index contributed by atoms with van der Waals surface area (Å²) in [5.41, 5.74) is 0.813. The largest absolute Gasteiger partial charge is 0.355 e. The van der Waals surface area contributed by atoms with Gasteiger partial charge in [-0.1, -0.05) is 12.1 Å². The van der Waals surface area contributed by atoms with E-state index in [1.165, 1.54) is 30.6 Å². The zero-order chi connectivity index (χ0) is 19.0. The maximum atomic E-state index is 13.3. The molecule has 7 nitrogen and oxygen atoms in total. The molecule has 0 unspecified atom stereocenters. The molecule has 10 heteroatoms. The van der Waals surface area contributed by atoms with Gasteiger partial charge in [-0.15, -0.1) is 24.0 Å². The summed E-state index contributed by atoms with van der Waals surface area (Å²) in [6.45, 7) is 1.00. The molecule has 0 bridgehead atoms. The first-order chi connectivity index (χ1) is 12.4. The van der Waals surface area contributed by atoms with Crippen molar-refractivity contribution in [1.82, 2.24) is 19.9 Å². The molecule has 0 saturated carbocycles. The number of guanidine groups is 1. The monoisotopic (exact) mass is 507 g/mol. The molecule has 0 saturated heterocycles. The van der Waals surface area contributed by atoms with Crippen LogP contribution in [-0.4, -0.2) is 51.4 Å². The number of pyridine rings is 1. The average molecular weight is 507 g/mol. The lowest BCUT2D eigenvalue weighted by Crippen LogP contribution is -2.42. The van der Waals surface area contributed by atoms with Crippen molar-refractivity contribution in [1.29, 1.82) is 0 Å². The predicted molar refractivity (Wildman–Crippen MR) is 114 cm³/mol. The van der Waals surface area contributed by atoms with Crippen molar-refractivity contribution in [3.05, 3.63) is 60.2 Å². The number of hydrogen-bond donors (Lipinski definition) is 2. The highest BCUT2D eigenvalue weighted by Crippen LogP contribution is 2.06. The molecular formula is C17H23FIN5O2S. The maximum Gasteiger partial charge on any atom is 0.242 e. The number of nitrogens with one attached hydrogen (secondary N) is 2. The molecule has 2 N–H and O–H groups in total. The van der Waals surface area contributed by atoms with Crippen LogP contribution < -0.4 is 10.0 Å². The van der Waals surface area contributed by atoms with Crippen molar-refractivity contribution in [2.45, 2.75) is 11.4 Å². The second-order valence-corrected chi connectivity index (χ2v) is 7.31. The summed E-state index contributed by atoms with van der Waals surface area (Å²) in [6, 6.07) is 9.39. The van der Waals surface area contributed by atoms with Gasteiger partial charge >= 0.3 is 0 Å². The smallest absolute Gasteiger partial charge is 0.242 e. The normalized spacial score (nSPS) is 11.6. The minimum absolute atomic E-state index is 0. The maximum absolute atomic E-state index is 13.3. The van der Waals surface area contributed by atoms with Crippen LogP contribution in [0.4, 0.5) is 4.39 Å². The van der Waals surface area contributed by atoms with Crippen LogP contribution >= 0.6 is 24.0 Å².